The summed E-state index contributed by atoms with van der Waals surface area (Å²) in [5, 5.41) is 19.9. The number of carbonyl (C=O) groups excluding carboxylic acids is 3. The third kappa shape index (κ3) is 8.20. The fourth-order valence-corrected chi connectivity index (χ4v) is 3.52. The Bertz CT molecular complexity index is 834. The summed E-state index contributed by atoms with van der Waals surface area (Å²) in [6.45, 7) is 7.91. The molecule has 1 fully saturated rings. The normalized spacial score (nSPS) is 17.5. The molecule has 5 amide bonds. The number of aromatic nitrogens is 2. The van der Waals surface area contributed by atoms with E-state index in [1.54, 1.807) is 6.07 Å². The number of amides is 5. The highest BCUT2D eigenvalue weighted by Gasteiger charge is 2.38. The average Bonchev–Trinajstić information content (AvgIpc) is 3.10. The van der Waals surface area contributed by atoms with Gasteiger partial charge in [0.15, 0.2) is 0 Å². The zero-order valence-corrected chi connectivity index (χ0v) is 19.4. The highest BCUT2D eigenvalue weighted by Crippen LogP contribution is 2.17. The van der Waals surface area contributed by atoms with Crippen LogP contribution in [0.3, 0.4) is 0 Å². The molecule has 182 valence electrons. The summed E-state index contributed by atoms with van der Waals surface area (Å²) in [7, 11) is 0. The second-order valence-electron chi connectivity index (χ2n) is 8.88. The van der Waals surface area contributed by atoms with Crippen LogP contribution in [-0.4, -0.2) is 75.1 Å². The van der Waals surface area contributed by atoms with E-state index >= 15 is 0 Å². The van der Waals surface area contributed by atoms with E-state index in [0.29, 0.717) is 6.42 Å². The van der Waals surface area contributed by atoms with Crippen molar-refractivity contribution in [3.05, 3.63) is 18.5 Å². The highest BCUT2D eigenvalue weighted by molar-refractivity contribution is 5.91. The SMILES string of the molecule is CC(C)C[C@H](NC(=O)[C@H](CC(C)C)N1C[C@@H](CNC(=O)Nc2ncccn2)NC1=O)C(=O)O. The van der Waals surface area contributed by atoms with Gasteiger partial charge in [0.05, 0.1) is 6.04 Å². The van der Waals surface area contributed by atoms with Gasteiger partial charge in [0.1, 0.15) is 12.1 Å². The molecular weight excluding hydrogens is 430 g/mol. The van der Waals surface area contributed by atoms with Gasteiger partial charge >= 0.3 is 18.0 Å². The highest BCUT2D eigenvalue weighted by atomic mass is 16.4. The van der Waals surface area contributed by atoms with Crippen LogP contribution >= 0.6 is 0 Å². The van der Waals surface area contributed by atoms with E-state index in [9.17, 15) is 24.3 Å². The van der Waals surface area contributed by atoms with Crippen molar-refractivity contribution in [1.29, 1.82) is 0 Å². The molecule has 2 rings (SSSR count). The van der Waals surface area contributed by atoms with Crippen molar-refractivity contribution >= 4 is 29.9 Å². The smallest absolute Gasteiger partial charge is 0.326 e. The molecule has 1 aromatic heterocycles. The predicted octanol–water partition coefficient (Wildman–Crippen LogP) is 1.02. The number of hydrogen-bond acceptors (Lipinski definition) is 6. The summed E-state index contributed by atoms with van der Waals surface area (Å²) in [6.07, 6.45) is 3.65. The zero-order valence-electron chi connectivity index (χ0n) is 19.4. The molecule has 0 spiro atoms. The van der Waals surface area contributed by atoms with E-state index < -0.39 is 42.1 Å². The first-order chi connectivity index (χ1) is 15.6. The number of aliphatic carboxylic acids is 1. The maximum Gasteiger partial charge on any atom is 0.326 e. The van der Waals surface area contributed by atoms with E-state index in [1.165, 1.54) is 17.3 Å². The number of hydrogen-bond donors (Lipinski definition) is 5. The van der Waals surface area contributed by atoms with Gasteiger partial charge in [-0.15, -0.1) is 0 Å². The van der Waals surface area contributed by atoms with Crippen LogP contribution in [0.2, 0.25) is 0 Å². The fraction of sp³-hybridized carbons (Fsp3) is 0.619. The number of carboxylic acid groups (broad SMARTS) is 1. The predicted molar refractivity (Wildman–Crippen MR) is 120 cm³/mol. The van der Waals surface area contributed by atoms with Crippen LogP contribution in [0.4, 0.5) is 15.5 Å². The summed E-state index contributed by atoms with van der Waals surface area (Å²) < 4.78 is 0. The summed E-state index contributed by atoms with van der Waals surface area (Å²) in [4.78, 5) is 58.4. The minimum Gasteiger partial charge on any atom is -0.480 e. The van der Waals surface area contributed by atoms with Crippen molar-refractivity contribution in [2.24, 2.45) is 11.8 Å². The molecule has 33 heavy (non-hydrogen) atoms. The Morgan fingerprint density at radius 1 is 1.15 bits per heavy atom. The first kappa shape index (κ1) is 25.8. The summed E-state index contributed by atoms with van der Waals surface area (Å²) in [5.74, 6) is -1.29. The Balaban J connectivity index is 1.98. The molecule has 12 heteroatoms. The van der Waals surface area contributed by atoms with Gasteiger partial charge in [-0.25, -0.2) is 24.4 Å². The van der Waals surface area contributed by atoms with Crippen molar-refractivity contribution in [2.45, 2.75) is 58.7 Å². The largest absolute Gasteiger partial charge is 0.480 e. The van der Waals surface area contributed by atoms with Gasteiger partial charge in [-0.2, -0.15) is 0 Å². The van der Waals surface area contributed by atoms with Gasteiger partial charge in [0, 0.05) is 25.5 Å². The zero-order chi connectivity index (χ0) is 24.5. The molecule has 5 N–H and O–H groups in total. The minimum absolute atomic E-state index is 0.0768. The Morgan fingerprint density at radius 3 is 2.36 bits per heavy atom. The van der Waals surface area contributed by atoms with Gasteiger partial charge in [-0.05, 0) is 30.7 Å². The molecule has 0 aromatic carbocycles. The van der Waals surface area contributed by atoms with Crippen LogP contribution in [-0.2, 0) is 9.59 Å². The van der Waals surface area contributed by atoms with Gasteiger partial charge in [0.2, 0.25) is 11.9 Å². The second-order valence-corrected chi connectivity index (χ2v) is 8.88. The Labute approximate surface area is 192 Å². The molecular formula is C21H33N7O5. The van der Waals surface area contributed by atoms with Crippen LogP contribution in [0.25, 0.3) is 0 Å². The number of urea groups is 2. The van der Waals surface area contributed by atoms with Gasteiger partial charge < -0.3 is 26.0 Å². The van der Waals surface area contributed by atoms with Crippen LogP contribution in [0.15, 0.2) is 18.5 Å². The van der Waals surface area contributed by atoms with Gasteiger partial charge in [0.25, 0.3) is 0 Å². The molecule has 3 atom stereocenters. The molecule has 0 aliphatic carbocycles. The van der Waals surface area contributed by atoms with Crippen molar-refractivity contribution in [3.8, 4) is 0 Å². The lowest BCUT2D eigenvalue weighted by molar-refractivity contribution is -0.143. The van der Waals surface area contributed by atoms with E-state index in [1.807, 2.05) is 27.7 Å². The number of nitrogens with one attached hydrogen (secondary N) is 4. The molecule has 12 nitrogen and oxygen atoms in total. The first-order valence-electron chi connectivity index (χ1n) is 11.0. The summed E-state index contributed by atoms with van der Waals surface area (Å²) in [5.41, 5.74) is 0. The first-order valence-corrected chi connectivity index (χ1v) is 11.0. The van der Waals surface area contributed by atoms with Crippen molar-refractivity contribution in [1.82, 2.24) is 30.8 Å². The van der Waals surface area contributed by atoms with Crippen LogP contribution in [0.1, 0.15) is 40.5 Å². The monoisotopic (exact) mass is 463 g/mol. The standard InChI is InChI=1S/C21H33N7O5/c1-12(2)8-15(18(30)31)26-17(29)16(9-13(3)4)28-11-14(25-21(28)33)10-24-20(32)27-19-22-6-5-7-23-19/h5-7,12-16H,8-11H2,1-4H3,(H,25,33)(H,26,29)(H,30,31)(H2,22,23,24,27,32)/t14-,15+,16+/m1/s1. The van der Waals surface area contributed by atoms with Gasteiger partial charge in [-0.3, -0.25) is 10.1 Å². The maximum atomic E-state index is 13.0. The lowest BCUT2D eigenvalue weighted by atomic mass is 9.99. The fourth-order valence-electron chi connectivity index (χ4n) is 3.52. The average molecular weight is 464 g/mol. The third-order valence-electron chi connectivity index (χ3n) is 5.00. The lowest BCUT2D eigenvalue weighted by Crippen LogP contribution is -2.53. The maximum absolute atomic E-state index is 13.0. The van der Waals surface area contributed by atoms with Crippen molar-refractivity contribution in [2.75, 3.05) is 18.4 Å². The van der Waals surface area contributed by atoms with E-state index in [4.69, 9.17) is 0 Å². The van der Waals surface area contributed by atoms with E-state index in [2.05, 4.69) is 31.2 Å². The lowest BCUT2D eigenvalue weighted by Gasteiger charge is -2.29. The summed E-state index contributed by atoms with van der Waals surface area (Å²) >= 11 is 0. The Kier molecular flexibility index (Phi) is 9.37. The van der Waals surface area contributed by atoms with E-state index in [-0.39, 0.29) is 37.3 Å². The quantitative estimate of drug-likeness (QED) is 0.327. The number of carbonyl (C=O) groups is 4. The molecule has 1 saturated heterocycles. The van der Waals surface area contributed by atoms with Crippen LogP contribution in [0.5, 0.6) is 0 Å². The Morgan fingerprint density at radius 2 is 1.79 bits per heavy atom. The minimum atomic E-state index is -1.11. The third-order valence-corrected chi connectivity index (χ3v) is 5.00. The van der Waals surface area contributed by atoms with Crippen LogP contribution in [0, 0.1) is 11.8 Å². The molecule has 1 aliphatic heterocycles. The molecule has 0 bridgehead atoms. The van der Waals surface area contributed by atoms with Crippen LogP contribution < -0.4 is 21.3 Å². The van der Waals surface area contributed by atoms with Gasteiger partial charge in [-0.1, -0.05) is 27.7 Å². The molecule has 2 heterocycles. The molecule has 0 radical (unpaired) electrons. The molecule has 1 aliphatic rings. The van der Waals surface area contributed by atoms with E-state index in [0.717, 1.165) is 0 Å². The number of carboxylic acids is 1. The second kappa shape index (κ2) is 12.0. The summed E-state index contributed by atoms with van der Waals surface area (Å²) in [6, 6.07) is -1.62. The topological polar surface area (TPSA) is 166 Å². The number of anilines is 1. The molecule has 0 unspecified atom stereocenters. The van der Waals surface area contributed by atoms with Crippen molar-refractivity contribution in [3.63, 3.8) is 0 Å². The number of nitrogens with zero attached hydrogens (tertiary/aromatic N) is 3. The molecule has 1 aromatic rings. The molecule has 0 saturated carbocycles. The Hall–Kier alpha value is -3.44. The number of rotatable bonds is 11. The van der Waals surface area contributed by atoms with Crippen molar-refractivity contribution < 1.29 is 24.3 Å².